The highest BCUT2D eigenvalue weighted by Gasteiger charge is 2.24. The average Bonchev–Trinajstić information content (AvgIpc) is 3.61. The third kappa shape index (κ3) is 10.8. The molecule has 1 fully saturated rings. The minimum absolute atomic E-state index is 0.0278. The number of rotatable bonds is 12. The number of ketones is 1. The Kier molecular flexibility index (Phi) is 16.4. The first-order chi connectivity index (χ1) is 20.2. The molecule has 2 aromatic rings. The van der Waals surface area contributed by atoms with Crippen LogP contribution in [0.4, 0.5) is 5.69 Å². The number of hydrogen-bond acceptors (Lipinski definition) is 6. The molecule has 8 heteroatoms. The third-order valence-corrected chi connectivity index (χ3v) is 9.03. The number of piperidine rings is 1. The van der Waals surface area contributed by atoms with Gasteiger partial charge in [0, 0.05) is 47.5 Å². The molecule has 0 saturated carbocycles. The van der Waals surface area contributed by atoms with E-state index in [9.17, 15) is 9.59 Å². The zero-order valence-corrected chi connectivity index (χ0v) is 27.8. The second kappa shape index (κ2) is 19.1. The number of anilines is 1. The van der Waals surface area contributed by atoms with Crippen molar-refractivity contribution < 1.29 is 14.7 Å². The number of nitrogens with zero attached hydrogens (tertiary/aromatic N) is 4. The topological polar surface area (TPSA) is 78.7 Å². The van der Waals surface area contributed by atoms with Gasteiger partial charge in [-0.3, -0.25) is 14.3 Å². The first-order valence-electron chi connectivity index (χ1n) is 16.1. The molecular weight excluding hydrogens is 548 g/mol. The Hall–Kier alpha value is -2.22. The second-order valence-corrected chi connectivity index (χ2v) is 12.3. The summed E-state index contributed by atoms with van der Waals surface area (Å²) in [7, 11) is 2.17. The van der Waals surface area contributed by atoms with Crippen LogP contribution in [0.15, 0.2) is 18.2 Å². The van der Waals surface area contributed by atoms with E-state index in [1.54, 1.807) is 0 Å². The fraction of sp³-hybridized carbons (Fsp3) is 0.676. The molecule has 1 saturated heterocycles. The van der Waals surface area contributed by atoms with Crippen LogP contribution in [0, 0.1) is 18.8 Å². The van der Waals surface area contributed by atoms with Crippen molar-refractivity contribution in [3.05, 3.63) is 45.7 Å². The predicted molar refractivity (Wildman–Crippen MR) is 175 cm³/mol. The number of aldehydes is 1. The first-order valence-corrected chi connectivity index (χ1v) is 16.4. The molecule has 0 radical (unpaired) electrons. The van der Waals surface area contributed by atoms with Crippen molar-refractivity contribution in [1.29, 1.82) is 0 Å². The molecule has 0 bridgehead atoms. The summed E-state index contributed by atoms with van der Waals surface area (Å²) < 4.78 is 2.11. The van der Waals surface area contributed by atoms with Crippen molar-refractivity contribution in [2.24, 2.45) is 11.8 Å². The maximum Gasteiger partial charge on any atom is 0.170 e. The van der Waals surface area contributed by atoms with Gasteiger partial charge in [0.1, 0.15) is 12.3 Å². The zero-order chi connectivity index (χ0) is 31.1. The number of Topliss-reactive ketones (excluding diaryl/α,β-unsaturated/α-hetero) is 1. The smallest absolute Gasteiger partial charge is 0.170 e. The predicted octanol–water partition coefficient (Wildman–Crippen LogP) is 6.78. The van der Waals surface area contributed by atoms with Crippen molar-refractivity contribution in [2.75, 3.05) is 44.7 Å². The van der Waals surface area contributed by atoms with Gasteiger partial charge in [-0.05, 0) is 108 Å². The molecule has 7 nitrogen and oxygen atoms in total. The Labute approximate surface area is 259 Å². The summed E-state index contributed by atoms with van der Waals surface area (Å²) in [6.07, 6.45) is 11.1. The van der Waals surface area contributed by atoms with E-state index in [0.717, 1.165) is 69.0 Å². The van der Waals surface area contributed by atoms with Crippen LogP contribution in [0.25, 0.3) is 0 Å². The molecule has 0 amide bonds. The molecule has 1 aliphatic heterocycles. The lowest BCUT2D eigenvalue weighted by atomic mass is 9.93. The van der Waals surface area contributed by atoms with Gasteiger partial charge in [-0.1, -0.05) is 45.4 Å². The molecule has 1 N–H and O–H groups in total. The van der Waals surface area contributed by atoms with Gasteiger partial charge in [0.15, 0.2) is 12.1 Å². The van der Waals surface area contributed by atoms with Crippen molar-refractivity contribution >= 4 is 29.4 Å². The number of carbonyl (C=O) groups is 2. The molecule has 1 aliphatic carbocycles. The first kappa shape index (κ1) is 36.0. The number of aryl methyl sites for hydroxylation is 1. The minimum atomic E-state index is -0.311. The Morgan fingerprint density at radius 1 is 1.17 bits per heavy atom. The van der Waals surface area contributed by atoms with E-state index in [-0.39, 0.29) is 18.3 Å². The number of benzene rings is 1. The second-order valence-electron chi connectivity index (χ2n) is 11.8. The number of fused-ring (bicyclic) bond motifs is 1. The molecule has 4 rings (SSSR count). The largest absolute Gasteiger partial charge is 0.389 e. The zero-order valence-electron chi connectivity index (χ0n) is 27.0. The maximum absolute atomic E-state index is 11.2. The highest BCUT2D eigenvalue weighted by molar-refractivity contribution is 6.31. The highest BCUT2D eigenvalue weighted by Crippen LogP contribution is 2.31. The van der Waals surface area contributed by atoms with Gasteiger partial charge in [0.25, 0.3) is 0 Å². The fourth-order valence-electron chi connectivity index (χ4n) is 5.78. The summed E-state index contributed by atoms with van der Waals surface area (Å²) in [5, 5.41) is 13.7. The van der Waals surface area contributed by atoms with Crippen LogP contribution in [-0.2, 0) is 24.2 Å². The van der Waals surface area contributed by atoms with E-state index in [4.69, 9.17) is 16.7 Å². The molecular formula is C34H55ClN4O3. The van der Waals surface area contributed by atoms with Crippen molar-refractivity contribution in [3.8, 4) is 0 Å². The van der Waals surface area contributed by atoms with E-state index in [1.165, 1.54) is 61.3 Å². The lowest BCUT2D eigenvalue weighted by Gasteiger charge is -2.34. The monoisotopic (exact) mass is 602 g/mol. The van der Waals surface area contributed by atoms with E-state index in [0.29, 0.717) is 5.69 Å². The van der Waals surface area contributed by atoms with Gasteiger partial charge in [-0.25, -0.2) is 0 Å². The van der Waals surface area contributed by atoms with E-state index in [1.807, 2.05) is 26.0 Å². The van der Waals surface area contributed by atoms with Crippen LogP contribution in [0.5, 0.6) is 0 Å². The third-order valence-electron chi connectivity index (χ3n) is 8.62. The molecule has 2 heterocycles. The van der Waals surface area contributed by atoms with Gasteiger partial charge >= 0.3 is 0 Å². The lowest BCUT2D eigenvalue weighted by Crippen LogP contribution is -2.34. The number of aromatic nitrogens is 2. The van der Waals surface area contributed by atoms with Crippen LogP contribution >= 0.6 is 11.6 Å². The Balaban J connectivity index is 0.000000319. The van der Waals surface area contributed by atoms with Gasteiger partial charge in [0.05, 0.1) is 0 Å². The standard InChI is InChI=1S/C21H26ClN3O.C7H17N.C6H12O2/c1-15-18(22)5-3-6-20(15)24-11-8-16(9-12-24)10-13-25-21-7-2-4-17(21)19(14-26)23-25;1-4-6-8(3)7-5-2;1-3-5(2)6(8)4-7/h3,5-6,14,16H,2,4,7-13H2,1H3;4-7H2,1-3H3;5,7H,3-4H2,1-2H3. The molecule has 1 unspecified atom stereocenters. The molecule has 1 aromatic carbocycles. The van der Waals surface area contributed by atoms with Gasteiger partial charge in [-0.15, -0.1) is 0 Å². The van der Waals surface area contributed by atoms with Crippen LogP contribution in [0.2, 0.25) is 5.02 Å². The normalized spacial score (nSPS) is 15.4. The average molecular weight is 603 g/mol. The number of halogens is 1. The summed E-state index contributed by atoms with van der Waals surface area (Å²) in [5.74, 6) is 0.694. The van der Waals surface area contributed by atoms with Gasteiger partial charge < -0.3 is 14.9 Å². The quantitative estimate of drug-likeness (QED) is 0.270. The molecule has 0 spiro atoms. The summed E-state index contributed by atoms with van der Waals surface area (Å²) in [6.45, 7) is 15.6. The van der Waals surface area contributed by atoms with Crippen LogP contribution in [-0.4, -0.2) is 71.7 Å². The number of hydrogen-bond donors (Lipinski definition) is 1. The number of aliphatic hydroxyl groups is 1. The maximum atomic E-state index is 11.2. The number of aliphatic hydroxyl groups excluding tert-OH is 1. The van der Waals surface area contributed by atoms with E-state index >= 15 is 0 Å². The van der Waals surface area contributed by atoms with E-state index < -0.39 is 0 Å². The molecule has 1 aromatic heterocycles. The fourth-order valence-corrected chi connectivity index (χ4v) is 5.95. The van der Waals surface area contributed by atoms with Gasteiger partial charge in [-0.2, -0.15) is 5.10 Å². The van der Waals surface area contributed by atoms with Crippen molar-refractivity contribution in [2.45, 2.75) is 99.0 Å². The number of carbonyl (C=O) groups excluding carboxylic acids is 2. The van der Waals surface area contributed by atoms with Crippen LogP contribution < -0.4 is 4.90 Å². The highest BCUT2D eigenvalue weighted by atomic mass is 35.5. The molecule has 1 atom stereocenters. The molecule has 42 heavy (non-hydrogen) atoms. The Bertz CT molecular complexity index is 1090. The Morgan fingerprint density at radius 2 is 1.83 bits per heavy atom. The van der Waals surface area contributed by atoms with E-state index in [2.05, 4.69) is 53.5 Å². The summed E-state index contributed by atoms with van der Waals surface area (Å²) >= 11 is 6.28. The SMILES string of the molecule is CCC(C)C(=O)CO.CCCN(C)CCC.Cc1c(Cl)cccc1N1CCC(CCn2nc(C=O)c3c2CCC3)CC1. The van der Waals surface area contributed by atoms with Crippen LogP contribution in [0.1, 0.15) is 99.9 Å². The van der Waals surface area contributed by atoms with Crippen molar-refractivity contribution in [3.63, 3.8) is 0 Å². The van der Waals surface area contributed by atoms with Crippen LogP contribution in [0.3, 0.4) is 0 Å². The van der Waals surface area contributed by atoms with Crippen molar-refractivity contribution in [1.82, 2.24) is 14.7 Å². The molecule has 236 valence electrons. The molecule has 2 aliphatic rings. The Morgan fingerprint density at radius 3 is 2.38 bits per heavy atom. The van der Waals surface area contributed by atoms with Gasteiger partial charge in [0.2, 0.25) is 0 Å². The summed E-state index contributed by atoms with van der Waals surface area (Å²) in [4.78, 5) is 26.5. The lowest BCUT2D eigenvalue weighted by molar-refractivity contribution is -0.125. The summed E-state index contributed by atoms with van der Waals surface area (Å²) in [6, 6.07) is 6.18. The minimum Gasteiger partial charge on any atom is -0.389 e. The summed E-state index contributed by atoms with van der Waals surface area (Å²) in [5.41, 5.74) is 5.63.